The second kappa shape index (κ2) is 3.69. The van der Waals surface area contributed by atoms with Gasteiger partial charge in [0.25, 0.3) is 5.91 Å². The van der Waals surface area contributed by atoms with E-state index in [-0.39, 0.29) is 11.9 Å². The van der Waals surface area contributed by atoms with Crippen LogP contribution in [0.25, 0.3) is 0 Å². The van der Waals surface area contributed by atoms with Crippen molar-refractivity contribution in [2.45, 2.75) is 13.0 Å². The Morgan fingerprint density at radius 2 is 2.27 bits per heavy atom. The van der Waals surface area contributed by atoms with Crippen LogP contribution < -0.4 is 0 Å². The van der Waals surface area contributed by atoms with Crippen LogP contribution in [0.2, 0.25) is 0 Å². The molecular weight excluding hydrogens is 188 g/mol. The van der Waals surface area contributed by atoms with E-state index in [9.17, 15) is 4.79 Å². The molecule has 0 aliphatic carbocycles. The molecule has 1 aliphatic rings. The predicted octanol–water partition coefficient (Wildman–Crippen LogP) is 2.11. The van der Waals surface area contributed by atoms with Gasteiger partial charge >= 0.3 is 0 Å². The summed E-state index contributed by atoms with van der Waals surface area (Å²) in [6.07, 6.45) is 2.98. The topological polar surface area (TPSA) is 32.7 Å². The summed E-state index contributed by atoms with van der Waals surface area (Å²) in [5.41, 5.74) is 2.18. The van der Waals surface area contributed by atoms with Crippen molar-refractivity contribution in [1.29, 1.82) is 0 Å². The Labute approximate surface area is 88.7 Å². The van der Waals surface area contributed by atoms with Crippen molar-refractivity contribution in [1.82, 2.24) is 5.01 Å². The summed E-state index contributed by atoms with van der Waals surface area (Å²) < 4.78 is 0. The van der Waals surface area contributed by atoms with E-state index in [0.717, 1.165) is 11.1 Å². The molecule has 0 unspecified atom stereocenters. The molecule has 15 heavy (non-hydrogen) atoms. The molecule has 1 heterocycles. The van der Waals surface area contributed by atoms with E-state index in [1.807, 2.05) is 31.2 Å². The Morgan fingerprint density at radius 1 is 1.53 bits per heavy atom. The van der Waals surface area contributed by atoms with Gasteiger partial charge in [-0.1, -0.05) is 30.8 Å². The standard InChI is InChI=1S/C12H12N2O/c1-3-12(15)14-9(2)11-7-5-4-6-10(11)8-13-14/h3-9H,1H2,2H3/t9-/m0/s1. The molecule has 1 aromatic carbocycles. The number of rotatable bonds is 1. The maximum Gasteiger partial charge on any atom is 0.266 e. The SMILES string of the molecule is C=CC(=O)N1N=Cc2ccccc2[C@@H]1C. The normalized spacial score (nSPS) is 18.5. The van der Waals surface area contributed by atoms with Gasteiger partial charge in [0.15, 0.2) is 0 Å². The van der Waals surface area contributed by atoms with Gasteiger partial charge in [-0.25, -0.2) is 5.01 Å². The first kappa shape index (κ1) is 9.65. The Bertz CT molecular complexity index is 437. The monoisotopic (exact) mass is 200 g/mol. The van der Waals surface area contributed by atoms with Gasteiger partial charge < -0.3 is 0 Å². The molecule has 3 heteroatoms. The van der Waals surface area contributed by atoms with Crippen molar-refractivity contribution in [3.8, 4) is 0 Å². The van der Waals surface area contributed by atoms with E-state index < -0.39 is 0 Å². The zero-order chi connectivity index (χ0) is 10.8. The molecule has 1 amide bonds. The quantitative estimate of drug-likeness (QED) is 0.639. The van der Waals surface area contributed by atoms with Gasteiger partial charge in [0.05, 0.1) is 12.3 Å². The van der Waals surface area contributed by atoms with Crippen LogP contribution in [-0.2, 0) is 4.79 Å². The van der Waals surface area contributed by atoms with Crippen molar-refractivity contribution in [3.63, 3.8) is 0 Å². The summed E-state index contributed by atoms with van der Waals surface area (Å²) in [5, 5.41) is 5.55. The number of fused-ring (bicyclic) bond motifs is 1. The number of hydrazone groups is 1. The molecule has 0 N–H and O–H groups in total. The number of carbonyl (C=O) groups is 1. The summed E-state index contributed by atoms with van der Waals surface area (Å²) in [5.74, 6) is -0.173. The molecule has 0 saturated heterocycles. The Hall–Kier alpha value is -1.90. The smallest absolute Gasteiger partial charge is 0.266 e. The van der Waals surface area contributed by atoms with E-state index in [2.05, 4.69) is 11.7 Å². The zero-order valence-corrected chi connectivity index (χ0v) is 8.55. The predicted molar refractivity (Wildman–Crippen MR) is 59.5 cm³/mol. The average molecular weight is 200 g/mol. The van der Waals surface area contributed by atoms with Crippen LogP contribution in [0.15, 0.2) is 42.0 Å². The summed E-state index contributed by atoms with van der Waals surface area (Å²) in [4.78, 5) is 11.5. The first-order chi connectivity index (χ1) is 7.24. The molecule has 76 valence electrons. The highest BCUT2D eigenvalue weighted by atomic mass is 16.2. The number of amides is 1. The number of nitrogens with zero attached hydrogens (tertiary/aromatic N) is 2. The average Bonchev–Trinajstić information content (AvgIpc) is 2.29. The van der Waals surface area contributed by atoms with Gasteiger partial charge in [0.1, 0.15) is 0 Å². The third kappa shape index (κ3) is 1.56. The minimum Gasteiger partial charge on any atom is -0.268 e. The fourth-order valence-corrected chi connectivity index (χ4v) is 1.71. The van der Waals surface area contributed by atoms with Crippen LogP contribution in [0.5, 0.6) is 0 Å². The maximum atomic E-state index is 11.5. The highest BCUT2D eigenvalue weighted by Crippen LogP contribution is 2.26. The molecular formula is C12H12N2O. The molecule has 1 aromatic rings. The molecule has 2 rings (SSSR count). The fourth-order valence-electron chi connectivity index (χ4n) is 1.71. The fraction of sp³-hybridized carbons (Fsp3) is 0.167. The summed E-state index contributed by atoms with van der Waals surface area (Å²) in [6, 6.07) is 7.89. The third-order valence-corrected chi connectivity index (χ3v) is 2.53. The summed E-state index contributed by atoms with van der Waals surface area (Å²) >= 11 is 0. The van der Waals surface area contributed by atoms with Crippen LogP contribution in [0.4, 0.5) is 0 Å². The van der Waals surface area contributed by atoms with Crippen molar-refractivity contribution in [3.05, 3.63) is 48.0 Å². The lowest BCUT2D eigenvalue weighted by molar-refractivity contribution is -0.128. The zero-order valence-electron chi connectivity index (χ0n) is 8.55. The van der Waals surface area contributed by atoms with Crippen molar-refractivity contribution >= 4 is 12.1 Å². The molecule has 1 atom stereocenters. The van der Waals surface area contributed by atoms with Crippen LogP contribution in [-0.4, -0.2) is 17.1 Å². The van der Waals surface area contributed by atoms with Gasteiger partial charge in [-0.05, 0) is 24.1 Å². The van der Waals surface area contributed by atoms with E-state index in [1.165, 1.54) is 11.1 Å². The highest BCUT2D eigenvalue weighted by Gasteiger charge is 2.23. The van der Waals surface area contributed by atoms with Crippen molar-refractivity contribution in [2.75, 3.05) is 0 Å². The summed E-state index contributed by atoms with van der Waals surface area (Å²) in [7, 11) is 0. The van der Waals surface area contributed by atoms with Gasteiger partial charge in [-0.2, -0.15) is 5.10 Å². The number of hydrogen-bond donors (Lipinski definition) is 0. The van der Waals surface area contributed by atoms with E-state index >= 15 is 0 Å². The molecule has 0 bridgehead atoms. The Morgan fingerprint density at radius 3 is 3.00 bits per heavy atom. The maximum absolute atomic E-state index is 11.5. The largest absolute Gasteiger partial charge is 0.268 e. The van der Waals surface area contributed by atoms with Crippen molar-refractivity contribution < 1.29 is 4.79 Å². The number of hydrogen-bond acceptors (Lipinski definition) is 2. The van der Waals surface area contributed by atoms with Crippen LogP contribution in [0.1, 0.15) is 24.1 Å². The minimum atomic E-state index is -0.173. The third-order valence-electron chi connectivity index (χ3n) is 2.53. The van der Waals surface area contributed by atoms with Gasteiger partial charge in [0, 0.05) is 0 Å². The molecule has 0 aromatic heterocycles. The second-order valence-corrected chi connectivity index (χ2v) is 3.44. The van der Waals surface area contributed by atoms with Gasteiger partial charge in [0.2, 0.25) is 0 Å². The van der Waals surface area contributed by atoms with E-state index in [1.54, 1.807) is 6.21 Å². The highest BCUT2D eigenvalue weighted by molar-refractivity contribution is 5.91. The Balaban J connectivity index is 2.41. The lowest BCUT2D eigenvalue weighted by atomic mass is 10.0. The van der Waals surface area contributed by atoms with Crippen LogP contribution in [0, 0.1) is 0 Å². The molecule has 0 spiro atoms. The number of benzene rings is 1. The minimum absolute atomic E-state index is 0.0308. The molecule has 0 saturated carbocycles. The van der Waals surface area contributed by atoms with Crippen LogP contribution >= 0.6 is 0 Å². The molecule has 1 aliphatic heterocycles. The molecule has 0 radical (unpaired) electrons. The van der Waals surface area contributed by atoms with E-state index in [0.29, 0.717) is 0 Å². The molecule has 0 fully saturated rings. The van der Waals surface area contributed by atoms with Gasteiger partial charge in [-0.15, -0.1) is 0 Å². The lowest BCUT2D eigenvalue weighted by Crippen LogP contribution is -2.30. The van der Waals surface area contributed by atoms with Crippen molar-refractivity contribution in [2.24, 2.45) is 5.10 Å². The van der Waals surface area contributed by atoms with E-state index in [4.69, 9.17) is 0 Å². The molecule has 3 nitrogen and oxygen atoms in total. The number of carbonyl (C=O) groups excluding carboxylic acids is 1. The summed E-state index contributed by atoms with van der Waals surface area (Å²) in [6.45, 7) is 5.42. The van der Waals surface area contributed by atoms with Crippen LogP contribution in [0.3, 0.4) is 0 Å². The first-order valence-electron chi connectivity index (χ1n) is 4.82. The second-order valence-electron chi connectivity index (χ2n) is 3.44. The van der Waals surface area contributed by atoms with Gasteiger partial charge in [-0.3, -0.25) is 4.79 Å². The first-order valence-corrected chi connectivity index (χ1v) is 4.82. The lowest BCUT2D eigenvalue weighted by Gasteiger charge is -2.28. The Kier molecular flexibility index (Phi) is 2.37.